The second-order valence-electron chi connectivity index (χ2n) is 8.93. The van der Waals surface area contributed by atoms with Gasteiger partial charge in [0, 0.05) is 15.5 Å². The third-order valence-corrected chi connectivity index (χ3v) is 7.05. The molecule has 1 aromatic heterocycles. The van der Waals surface area contributed by atoms with Gasteiger partial charge in [-0.25, -0.2) is 14.3 Å². The number of aromatic nitrogens is 2. The summed E-state index contributed by atoms with van der Waals surface area (Å²) >= 11 is 1.52. The van der Waals surface area contributed by atoms with Crippen molar-refractivity contribution in [3.8, 4) is 0 Å². The van der Waals surface area contributed by atoms with E-state index in [0.29, 0.717) is 17.5 Å². The average molecular weight is 551 g/mol. The standard InChI is InChI=1S/C31H26N4O4S/c1-39-31(38)34-30-33-26-20-25(16-17-27(26)35(30)29(37)19-22-10-6-3-7-11-22)40-24-14-12-23(13-15-24)32-28(36)18-21-8-4-2-5-9-21/h2-17,20H,18-19H2,1H3,(H,32,36)(H,33,34,38). The normalized spacial score (nSPS) is 10.7. The van der Waals surface area contributed by atoms with E-state index in [1.165, 1.54) is 23.4 Å². The van der Waals surface area contributed by atoms with Crippen LogP contribution in [0.3, 0.4) is 0 Å². The Bertz CT molecular complexity index is 1650. The van der Waals surface area contributed by atoms with Gasteiger partial charge in [-0.1, -0.05) is 72.4 Å². The van der Waals surface area contributed by atoms with Gasteiger partial charge in [0.2, 0.25) is 17.8 Å². The van der Waals surface area contributed by atoms with Crippen molar-refractivity contribution >= 4 is 52.3 Å². The summed E-state index contributed by atoms with van der Waals surface area (Å²) in [6, 6.07) is 32.1. The van der Waals surface area contributed by atoms with Crippen LogP contribution < -0.4 is 10.6 Å². The first-order valence-corrected chi connectivity index (χ1v) is 13.4. The van der Waals surface area contributed by atoms with Crippen molar-refractivity contribution in [2.45, 2.75) is 22.6 Å². The minimum atomic E-state index is -0.713. The highest BCUT2D eigenvalue weighted by Gasteiger charge is 2.20. The molecule has 0 radical (unpaired) electrons. The lowest BCUT2D eigenvalue weighted by Crippen LogP contribution is -2.20. The van der Waals surface area contributed by atoms with Gasteiger partial charge >= 0.3 is 6.09 Å². The maximum atomic E-state index is 13.3. The van der Waals surface area contributed by atoms with Crippen molar-refractivity contribution in [3.63, 3.8) is 0 Å². The molecule has 0 saturated heterocycles. The molecule has 8 nitrogen and oxygen atoms in total. The van der Waals surface area contributed by atoms with Crippen LogP contribution in [0.4, 0.5) is 16.4 Å². The van der Waals surface area contributed by atoms with E-state index in [-0.39, 0.29) is 24.2 Å². The summed E-state index contributed by atoms with van der Waals surface area (Å²) in [5, 5.41) is 5.48. The lowest BCUT2D eigenvalue weighted by molar-refractivity contribution is -0.115. The quantitative estimate of drug-likeness (QED) is 0.231. The van der Waals surface area contributed by atoms with Crippen molar-refractivity contribution in [2.24, 2.45) is 0 Å². The van der Waals surface area contributed by atoms with E-state index < -0.39 is 6.09 Å². The Morgan fingerprint density at radius 3 is 2.05 bits per heavy atom. The van der Waals surface area contributed by atoms with E-state index in [1.807, 2.05) is 103 Å². The Labute approximate surface area is 235 Å². The maximum Gasteiger partial charge on any atom is 0.413 e. The molecule has 0 unspecified atom stereocenters. The van der Waals surface area contributed by atoms with Crippen molar-refractivity contribution < 1.29 is 19.1 Å². The second kappa shape index (κ2) is 12.3. The van der Waals surface area contributed by atoms with Crippen LogP contribution in [0.15, 0.2) is 113 Å². The van der Waals surface area contributed by atoms with Crippen LogP contribution in [-0.4, -0.2) is 34.6 Å². The first-order chi connectivity index (χ1) is 19.5. The van der Waals surface area contributed by atoms with Crippen LogP contribution in [0.1, 0.15) is 15.9 Å². The highest BCUT2D eigenvalue weighted by atomic mass is 32.2. The van der Waals surface area contributed by atoms with Gasteiger partial charge in [-0.2, -0.15) is 0 Å². The van der Waals surface area contributed by atoms with Crippen LogP contribution in [0.5, 0.6) is 0 Å². The summed E-state index contributed by atoms with van der Waals surface area (Å²) in [6.45, 7) is 0. The van der Waals surface area contributed by atoms with E-state index >= 15 is 0 Å². The monoisotopic (exact) mass is 550 g/mol. The molecule has 0 spiro atoms. The highest BCUT2D eigenvalue weighted by molar-refractivity contribution is 7.99. The number of nitrogens with one attached hydrogen (secondary N) is 2. The molecule has 0 bridgehead atoms. The summed E-state index contributed by atoms with van der Waals surface area (Å²) in [7, 11) is 1.25. The summed E-state index contributed by atoms with van der Waals surface area (Å²) in [4.78, 5) is 44.0. The smallest absolute Gasteiger partial charge is 0.413 e. The molecule has 2 N–H and O–H groups in total. The van der Waals surface area contributed by atoms with Crippen LogP contribution in [0.2, 0.25) is 0 Å². The Hall–Kier alpha value is -4.89. The van der Waals surface area contributed by atoms with Gasteiger partial charge in [0.25, 0.3) is 0 Å². The molecule has 0 saturated carbocycles. The number of carbonyl (C=O) groups is 3. The molecule has 5 aromatic rings. The minimum Gasteiger partial charge on any atom is -0.453 e. The van der Waals surface area contributed by atoms with Gasteiger partial charge in [-0.05, 0) is 53.6 Å². The van der Waals surface area contributed by atoms with Crippen molar-refractivity contribution in [1.82, 2.24) is 9.55 Å². The molecule has 0 aliphatic heterocycles. The van der Waals surface area contributed by atoms with E-state index in [0.717, 1.165) is 26.6 Å². The molecule has 200 valence electrons. The fourth-order valence-corrected chi connectivity index (χ4v) is 5.03. The summed E-state index contributed by atoms with van der Waals surface area (Å²) in [5.74, 6) is -0.211. The van der Waals surface area contributed by atoms with E-state index in [2.05, 4.69) is 15.6 Å². The highest BCUT2D eigenvalue weighted by Crippen LogP contribution is 2.32. The Morgan fingerprint density at radius 2 is 1.40 bits per heavy atom. The Morgan fingerprint density at radius 1 is 0.775 bits per heavy atom. The van der Waals surface area contributed by atoms with Crippen LogP contribution in [0, 0.1) is 0 Å². The van der Waals surface area contributed by atoms with Crippen molar-refractivity contribution in [1.29, 1.82) is 0 Å². The number of nitrogens with zero attached hydrogens (tertiary/aromatic N) is 2. The first kappa shape index (κ1) is 26.7. The number of rotatable bonds is 8. The number of fused-ring (bicyclic) bond motifs is 1. The van der Waals surface area contributed by atoms with E-state index in [4.69, 9.17) is 4.74 Å². The molecule has 5 rings (SSSR count). The number of carbonyl (C=O) groups excluding carboxylic acids is 3. The Balaban J connectivity index is 1.32. The fraction of sp³-hybridized carbons (Fsp3) is 0.0968. The number of methoxy groups -OCH3 is 1. The number of benzene rings is 4. The molecule has 9 heteroatoms. The second-order valence-corrected chi connectivity index (χ2v) is 10.1. The maximum absolute atomic E-state index is 13.3. The third kappa shape index (κ3) is 6.57. The zero-order valence-electron chi connectivity index (χ0n) is 21.7. The van der Waals surface area contributed by atoms with Gasteiger partial charge in [-0.3, -0.25) is 14.9 Å². The molecular formula is C31H26N4O4S. The largest absolute Gasteiger partial charge is 0.453 e. The fourth-order valence-electron chi connectivity index (χ4n) is 4.18. The molecule has 40 heavy (non-hydrogen) atoms. The van der Waals surface area contributed by atoms with Crippen LogP contribution in [-0.2, 0) is 22.4 Å². The van der Waals surface area contributed by atoms with Gasteiger partial charge in [0.15, 0.2) is 0 Å². The molecule has 0 aliphatic carbocycles. The van der Waals surface area contributed by atoms with Gasteiger partial charge < -0.3 is 10.1 Å². The third-order valence-electron chi connectivity index (χ3n) is 6.05. The number of hydrogen-bond donors (Lipinski definition) is 2. The predicted molar refractivity (Wildman–Crippen MR) is 156 cm³/mol. The van der Waals surface area contributed by atoms with E-state index in [1.54, 1.807) is 0 Å². The molecule has 1 heterocycles. The number of amides is 2. The summed E-state index contributed by atoms with van der Waals surface area (Å²) in [6.07, 6.45) is -0.257. The lowest BCUT2D eigenvalue weighted by atomic mass is 10.1. The van der Waals surface area contributed by atoms with Crippen molar-refractivity contribution in [3.05, 3.63) is 114 Å². The van der Waals surface area contributed by atoms with Crippen molar-refractivity contribution in [2.75, 3.05) is 17.7 Å². The van der Waals surface area contributed by atoms with Crippen LogP contribution >= 0.6 is 11.8 Å². The molecule has 2 amide bonds. The Kier molecular flexibility index (Phi) is 8.22. The number of anilines is 2. The zero-order chi connectivity index (χ0) is 27.9. The predicted octanol–water partition coefficient (Wildman–Crippen LogP) is 6.43. The van der Waals surface area contributed by atoms with Gasteiger partial charge in [-0.15, -0.1) is 0 Å². The lowest BCUT2D eigenvalue weighted by Gasteiger charge is -2.09. The number of imidazole rings is 1. The minimum absolute atomic E-state index is 0.0779. The SMILES string of the molecule is COC(=O)Nc1nc2cc(Sc3ccc(NC(=O)Cc4ccccc4)cc3)ccc2n1C(=O)Cc1ccccc1. The van der Waals surface area contributed by atoms with Gasteiger partial charge in [0.1, 0.15) is 0 Å². The van der Waals surface area contributed by atoms with Crippen LogP contribution in [0.25, 0.3) is 11.0 Å². The summed E-state index contributed by atoms with van der Waals surface area (Å²) < 4.78 is 6.13. The van der Waals surface area contributed by atoms with Gasteiger partial charge in [0.05, 0.1) is 31.0 Å². The summed E-state index contributed by atoms with van der Waals surface area (Å²) in [5.41, 5.74) is 3.66. The number of ether oxygens (including phenoxy) is 1. The van der Waals surface area contributed by atoms with E-state index in [9.17, 15) is 14.4 Å². The number of hydrogen-bond acceptors (Lipinski definition) is 6. The molecule has 0 fully saturated rings. The first-order valence-electron chi connectivity index (χ1n) is 12.5. The molecule has 0 aliphatic rings. The average Bonchev–Trinajstić information content (AvgIpc) is 3.32. The molecule has 0 atom stereocenters. The zero-order valence-corrected chi connectivity index (χ0v) is 22.5. The topological polar surface area (TPSA) is 102 Å². The molecular weight excluding hydrogens is 524 g/mol. The molecule has 4 aromatic carbocycles.